The predicted octanol–water partition coefficient (Wildman–Crippen LogP) is 3.14. The van der Waals surface area contributed by atoms with Gasteiger partial charge in [0.05, 0.1) is 6.04 Å². The zero-order valence-corrected chi connectivity index (χ0v) is 13.7. The van der Waals surface area contributed by atoms with Gasteiger partial charge >= 0.3 is 0 Å². The van der Waals surface area contributed by atoms with Crippen molar-refractivity contribution in [3.05, 3.63) is 70.6 Å². The van der Waals surface area contributed by atoms with Crippen molar-refractivity contribution >= 4 is 5.91 Å². The van der Waals surface area contributed by atoms with Crippen LogP contribution < -0.4 is 10.9 Å². The van der Waals surface area contributed by atoms with Gasteiger partial charge in [-0.15, -0.1) is 0 Å². The molecule has 0 aliphatic carbocycles. The maximum Gasteiger partial charge on any atom is 0.250 e. The maximum atomic E-state index is 12.3. The van der Waals surface area contributed by atoms with E-state index in [1.165, 1.54) is 6.07 Å². The second-order valence-corrected chi connectivity index (χ2v) is 6.14. The van der Waals surface area contributed by atoms with E-state index in [2.05, 4.69) is 19.2 Å². The molecule has 0 spiro atoms. The smallest absolute Gasteiger partial charge is 0.250 e. The Kier molecular flexibility index (Phi) is 6.15. The Labute approximate surface area is 137 Å². The van der Waals surface area contributed by atoms with E-state index in [4.69, 9.17) is 0 Å². The number of hydrogen-bond acceptors (Lipinski definition) is 2. The highest BCUT2D eigenvalue weighted by Crippen LogP contribution is 2.21. The standard InChI is InChI=1S/C19H24N2O2/c1-15(2)14-17(16-8-4-3-5-9-16)20-18(22)11-13-21-12-7-6-10-19(21)23/h3-10,12,15,17H,11,13-14H2,1-2H3,(H,20,22). The van der Waals surface area contributed by atoms with Crippen molar-refractivity contribution in [3.63, 3.8) is 0 Å². The van der Waals surface area contributed by atoms with Crippen molar-refractivity contribution < 1.29 is 4.79 Å². The van der Waals surface area contributed by atoms with Crippen LogP contribution in [0.4, 0.5) is 0 Å². The Morgan fingerprint density at radius 2 is 1.78 bits per heavy atom. The van der Waals surface area contributed by atoms with Crippen LogP contribution in [0.5, 0.6) is 0 Å². The van der Waals surface area contributed by atoms with E-state index < -0.39 is 0 Å². The largest absolute Gasteiger partial charge is 0.349 e. The second-order valence-electron chi connectivity index (χ2n) is 6.14. The van der Waals surface area contributed by atoms with Crippen LogP contribution in [0.3, 0.4) is 0 Å². The molecule has 122 valence electrons. The molecule has 1 amide bonds. The lowest BCUT2D eigenvalue weighted by molar-refractivity contribution is -0.122. The normalized spacial score (nSPS) is 12.1. The van der Waals surface area contributed by atoms with Gasteiger partial charge in [0.15, 0.2) is 0 Å². The van der Waals surface area contributed by atoms with E-state index in [1.807, 2.05) is 30.3 Å². The lowest BCUT2D eigenvalue weighted by Crippen LogP contribution is -2.31. The molecular weight excluding hydrogens is 288 g/mol. The fourth-order valence-corrected chi connectivity index (χ4v) is 2.57. The van der Waals surface area contributed by atoms with Crippen molar-refractivity contribution in [2.45, 2.75) is 39.3 Å². The summed E-state index contributed by atoms with van der Waals surface area (Å²) < 4.78 is 1.56. The average Bonchev–Trinajstić information content (AvgIpc) is 2.54. The Hall–Kier alpha value is -2.36. The van der Waals surface area contributed by atoms with Crippen LogP contribution in [0.1, 0.15) is 38.3 Å². The number of aryl methyl sites for hydroxylation is 1. The number of amides is 1. The monoisotopic (exact) mass is 312 g/mol. The third kappa shape index (κ3) is 5.40. The van der Waals surface area contributed by atoms with Gasteiger partial charge in [0.1, 0.15) is 0 Å². The predicted molar refractivity (Wildman–Crippen MR) is 92.1 cm³/mol. The first-order valence-corrected chi connectivity index (χ1v) is 8.06. The highest BCUT2D eigenvalue weighted by atomic mass is 16.2. The first kappa shape index (κ1) is 17.0. The summed E-state index contributed by atoms with van der Waals surface area (Å²) in [6.07, 6.45) is 2.89. The van der Waals surface area contributed by atoms with Crippen LogP contribution in [0, 0.1) is 5.92 Å². The maximum absolute atomic E-state index is 12.3. The molecule has 2 rings (SSSR count). The quantitative estimate of drug-likeness (QED) is 0.854. The van der Waals surface area contributed by atoms with Crippen LogP contribution in [-0.4, -0.2) is 10.5 Å². The molecule has 23 heavy (non-hydrogen) atoms. The van der Waals surface area contributed by atoms with Gasteiger partial charge in [0.25, 0.3) is 5.56 Å². The molecule has 4 nitrogen and oxygen atoms in total. The SMILES string of the molecule is CC(C)CC(NC(=O)CCn1ccccc1=O)c1ccccc1. The molecule has 0 radical (unpaired) electrons. The molecule has 0 saturated carbocycles. The first-order chi connectivity index (χ1) is 11.1. The summed E-state index contributed by atoms with van der Waals surface area (Å²) in [7, 11) is 0. The number of benzene rings is 1. The van der Waals surface area contributed by atoms with Gasteiger partial charge in [-0.3, -0.25) is 9.59 Å². The summed E-state index contributed by atoms with van der Waals surface area (Å²) in [5.74, 6) is 0.451. The van der Waals surface area contributed by atoms with Gasteiger partial charge < -0.3 is 9.88 Å². The average molecular weight is 312 g/mol. The molecule has 0 aliphatic rings. The number of carbonyl (C=O) groups excluding carboxylic acids is 1. The molecule has 1 heterocycles. The molecule has 0 fully saturated rings. The van der Waals surface area contributed by atoms with Crippen molar-refractivity contribution in [1.29, 1.82) is 0 Å². The number of nitrogens with one attached hydrogen (secondary N) is 1. The van der Waals surface area contributed by atoms with Crippen molar-refractivity contribution in [2.24, 2.45) is 5.92 Å². The van der Waals surface area contributed by atoms with Crippen LogP contribution in [0.15, 0.2) is 59.5 Å². The number of hydrogen-bond donors (Lipinski definition) is 1. The zero-order valence-electron chi connectivity index (χ0n) is 13.7. The van der Waals surface area contributed by atoms with Gasteiger partial charge in [-0.25, -0.2) is 0 Å². The Bertz CT molecular complexity index is 677. The molecule has 1 aromatic carbocycles. The number of pyridine rings is 1. The van der Waals surface area contributed by atoms with Gasteiger partial charge in [-0.1, -0.05) is 50.2 Å². The van der Waals surface area contributed by atoms with E-state index in [1.54, 1.807) is 22.9 Å². The van der Waals surface area contributed by atoms with E-state index in [0.29, 0.717) is 18.9 Å². The highest BCUT2D eigenvalue weighted by Gasteiger charge is 2.15. The fourth-order valence-electron chi connectivity index (χ4n) is 2.57. The van der Waals surface area contributed by atoms with Gasteiger partial charge in [-0.05, 0) is 24.0 Å². The summed E-state index contributed by atoms with van der Waals surface area (Å²) in [6, 6.07) is 15.0. The topological polar surface area (TPSA) is 51.1 Å². The minimum absolute atomic E-state index is 0.0104. The number of rotatable bonds is 7. The molecule has 1 atom stereocenters. The molecule has 1 aromatic heterocycles. The molecule has 1 unspecified atom stereocenters. The van der Waals surface area contributed by atoms with Gasteiger partial charge in [0.2, 0.25) is 5.91 Å². The third-order valence-electron chi connectivity index (χ3n) is 3.72. The third-order valence-corrected chi connectivity index (χ3v) is 3.72. The Morgan fingerprint density at radius 1 is 1.09 bits per heavy atom. The van der Waals surface area contributed by atoms with Crippen LogP contribution in [-0.2, 0) is 11.3 Å². The zero-order chi connectivity index (χ0) is 16.7. The van der Waals surface area contributed by atoms with E-state index >= 15 is 0 Å². The molecular formula is C19H24N2O2. The molecule has 0 saturated heterocycles. The minimum Gasteiger partial charge on any atom is -0.349 e. The minimum atomic E-state index is -0.0814. The summed E-state index contributed by atoms with van der Waals surface area (Å²) in [5.41, 5.74) is 1.04. The molecule has 0 aliphatic heterocycles. The number of nitrogens with zero attached hydrogens (tertiary/aromatic N) is 1. The summed E-state index contributed by atoms with van der Waals surface area (Å²) in [6.45, 7) is 4.69. The molecule has 4 heteroatoms. The highest BCUT2D eigenvalue weighted by molar-refractivity contribution is 5.76. The number of aromatic nitrogens is 1. The van der Waals surface area contributed by atoms with E-state index in [9.17, 15) is 9.59 Å². The Morgan fingerprint density at radius 3 is 2.43 bits per heavy atom. The summed E-state index contributed by atoms with van der Waals surface area (Å²) in [5, 5.41) is 3.10. The van der Waals surface area contributed by atoms with Crippen LogP contribution >= 0.6 is 0 Å². The van der Waals surface area contributed by atoms with Gasteiger partial charge in [-0.2, -0.15) is 0 Å². The van der Waals surface area contributed by atoms with Gasteiger partial charge in [0, 0.05) is 25.2 Å². The second kappa shape index (κ2) is 8.32. The first-order valence-electron chi connectivity index (χ1n) is 8.06. The lowest BCUT2D eigenvalue weighted by Gasteiger charge is -2.21. The van der Waals surface area contributed by atoms with E-state index in [-0.39, 0.29) is 17.5 Å². The molecule has 1 N–H and O–H groups in total. The molecule has 2 aromatic rings. The van der Waals surface area contributed by atoms with Crippen LogP contribution in [0.25, 0.3) is 0 Å². The van der Waals surface area contributed by atoms with Crippen LogP contribution in [0.2, 0.25) is 0 Å². The summed E-state index contributed by atoms with van der Waals surface area (Å²) in [4.78, 5) is 23.9. The van der Waals surface area contributed by atoms with Crippen molar-refractivity contribution in [3.8, 4) is 0 Å². The van der Waals surface area contributed by atoms with Crippen molar-refractivity contribution in [1.82, 2.24) is 9.88 Å². The van der Waals surface area contributed by atoms with E-state index in [0.717, 1.165) is 12.0 Å². The lowest BCUT2D eigenvalue weighted by atomic mass is 9.97. The molecule has 0 bridgehead atoms. The summed E-state index contributed by atoms with van der Waals surface area (Å²) >= 11 is 0. The number of carbonyl (C=O) groups is 1. The Balaban J connectivity index is 1.98. The fraction of sp³-hybridized carbons (Fsp3) is 0.368. The van der Waals surface area contributed by atoms with Crippen molar-refractivity contribution in [2.75, 3.05) is 0 Å².